The van der Waals surface area contributed by atoms with Gasteiger partial charge in [-0.15, -0.1) is 0 Å². The van der Waals surface area contributed by atoms with Crippen LogP contribution in [0.4, 0.5) is 0 Å². The van der Waals surface area contributed by atoms with E-state index < -0.39 is 0 Å². The zero-order valence-corrected chi connectivity index (χ0v) is 14.7. The topological polar surface area (TPSA) is 81.1 Å². The standard InChI is InChI=1S/C19H23N5O2/c25-19(24-18(5-10-26-24)17-13-21-7-9-23-17)15-3-1-14(2-4-15)11-16-12-20-6-8-22-16/h6-9,12-15,18H,1-5,10-11H2/t14-,15-,18-/m0/s1. The summed E-state index contributed by atoms with van der Waals surface area (Å²) in [6.45, 7) is 0.551. The normalized spacial score (nSPS) is 26.0. The van der Waals surface area contributed by atoms with Crippen molar-refractivity contribution in [2.24, 2.45) is 11.8 Å². The van der Waals surface area contributed by atoms with Crippen molar-refractivity contribution in [2.45, 2.75) is 44.6 Å². The van der Waals surface area contributed by atoms with E-state index in [0.717, 1.165) is 49.9 Å². The molecular weight excluding hydrogens is 330 g/mol. The molecule has 7 nitrogen and oxygen atoms in total. The van der Waals surface area contributed by atoms with Gasteiger partial charge in [0.15, 0.2) is 0 Å². The quantitative estimate of drug-likeness (QED) is 0.840. The van der Waals surface area contributed by atoms with Gasteiger partial charge in [0.2, 0.25) is 5.91 Å². The molecule has 136 valence electrons. The molecule has 2 aromatic rings. The Balaban J connectivity index is 1.34. The summed E-state index contributed by atoms with van der Waals surface area (Å²) in [7, 11) is 0. The summed E-state index contributed by atoms with van der Waals surface area (Å²) in [4.78, 5) is 35.6. The SMILES string of the molecule is O=C([C@H]1CC[C@H](Cc2cnccn2)CC1)N1OCC[C@H]1c1cnccn1. The lowest BCUT2D eigenvalue weighted by Crippen LogP contribution is -2.37. The fourth-order valence-corrected chi connectivity index (χ4v) is 3.96. The van der Waals surface area contributed by atoms with Gasteiger partial charge < -0.3 is 0 Å². The van der Waals surface area contributed by atoms with E-state index in [-0.39, 0.29) is 17.9 Å². The van der Waals surface area contributed by atoms with Gasteiger partial charge in [0, 0.05) is 43.3 Å². The van der Waals surface area contributed by atoms with Gasteiger partial charge in [-0.1, -0.05) is 0 Å². The maximum atomic E-state index is 13.0. The summed E-state index contributed by atoms with van der Waals surface area (Å²) in [5, 5.41) is 1.55. The number of carbonyl (C=O) groups is 1. The molecule has 1 amide bonds. The van der Waals surface area contributed by atoms with Crippen molar-refractivity contribution in [2.75, 3.05) is 6.61 Å². The van der Waals surface area contributed by atoms with Crippen molar-refractivity contribution in [3.63, 3.8) is 0 Å². The van der Waals surface area contributed by atoms with Crippen molar-refractivity contribution < 1.29 is 9.63 Å². The molecule has 0 unspecified atom stereocenters. The monoisotopic (exact) mass is 353 g/mol. The second-order valence-corrected chi connectivity index (χ2v) is 7.05. The Kier molecular flexibility index (Phi) is 5.15. The number of hydrogen-bond donors (Lipinski definition) is 0. The van der Waals surface area contributed by atoms with Crippen LogP contribution < -0.4 is 0 Å². The highest BCUT2D eigenvalue weighted by Crippen LogP contribution is 2.36. The van der Waals surface area contributed by atoms with Crippen LogP contribution in [0.1, 0.15) is 49.5 Å². The molecule has 0 radical (unpaired) electrons. The van der Waals surface area contributed by atoms with Crippen molar-refractivity contribution in [1.29, 1.82) is 0 Å². The summed E-state index contributed by atoms with van der Waals surface area (Å²) in [6.07, 6.45) is 15.9. The summed E-state index contributed by atoms with van der Waals surface area (Å²) in [6, 6.07) is -0.117. The molecule has 3 heterocycles. The molecule has 0 spiro atoms. The van der Waals surface area contributed by atoms with Gasteiger partial charge in [0.1, 0.15) is 6.04 Å². The van der Waals surface area contributed by atoms with Crippen molar-refractivity contribution >= 4 is 5.91 Å². The van der Waals surface area contributed by atoms with Crippen LogP contribution in [-0.4, -0.2) is 37.5 Å². The van der Waals surface area contributed by atoms with Crippen LogP contribution >= 0.6 is 0 Å². The lowest BCUT2D eigenvalue weighted by molar-refractivity contribution is -0.183. The minimum absolute atomic E-state index is 0.0328. The van der Waals surface area contributed by atoms with Crippen LogP contribution in [0.15, 0.2) is 37.2 Å². The molecule has 4 rings (SSSR count). The number of aromatic nitrogens is 4. The van der Waals surface area contributed by atoms with E-state index >= 15 is 0 Å². The van der Waals surface area contributed by atoms with Crippen molar-refractivity contribution in [3.05, 3.63) is 48.6 Å². The van der Waals surface area contributed by atoms with E-state index in [1.807, 2.05) is 6.20 Å². The average molecular weight is 353 g/mol. The first-order valence-electron chi connectivity index (χ1n) is 9.28. The Morgan fingerprint density at radius 3 is 2.46 bits per heavy atom. The van der Waals surface area contributed by atoms with Crippen molar-refractivity contribution in [3.8, 4) is 0 Å². The Morgan fingerprint density at radius 2 is 1.77 bits per heavy atom. The van der Waals surface area contributed by atoms with Crippen LogP contribution in [0.5, 0.6) is 0 Å². The second kappa shape index (κ2) is 7.86. The highest BCUT2D eigenvalue weighted by molar-refractivity contribution is 5.78. The van der Waals surface area contributed by atoms with Crippen molar-refractivity contribution in [1.82, 2.24) is 25.0 Å². The van der Waals surface area contributed by atoms with E-state index in [1.165, 1.54) is 0 Å². The minimum Gasteiger partial charge on any atom is -0.272 e. The number of hydrogen-bond acceptors (Lipinski definition) is 6. The average Bonchev–Trinajstić information content (AvgIpc) is 3.19. The van der Waals surface area contributed by atoms with Gasteiger partial charge in [0.05, 0.1) is 24.2 Å². The molecule has 7 heteroatoms. The molecule has 26 heavy (non-hydrogen) atoms. The van der Waals surface area contributed by atoms with Crippen LogP contribution in [0.25, 0.3) is 0 Å². The fourth-order valence-electron chi connectivity index (χ4n) is 3.96. The van der Waals surface area contributed by atoms with Gasteiger partial charge in [-0.3, -0.25) is 29.6 Å². The molecule has 1 aliphatic heterocycles. The lowest BCUT2D eigenvalue weighted by atomic mass is 9.79. The molecule has 2 aliphatic rings. The molecule has 2 fully saturated rings. The molecule has 1 atom stereocenters. The predicted molar refractivity (Wildman–Crippen MR) is 93.4 cm³/mol. The Bertz CT molecular complexity index is 719. The van der Waals surface area contributed by atoms with E-state index in [9.17, 15) is 4.79 Å². The molecule has 1 saturated heterocycles. The smallest absolute Gasteiger partial charge is 0.249 e. The number of hydroxylamine groups is 2. The number of rotatable bonds is 4. The third kappa shape index (κ3) is 3.72. The lowest BCUT2D eigenvalue weighted by Gasteiger charge is -2.31. The largest absolute Gasteiger partial charge is 0.272 e. The molecular formula is C19H23N5O2. The Hall–Kier alpha value is -2.41. The predicted octanol–water partition coefficient (Wildman–Crippen LogP) is 2.52. The zero-order chi connectivity index (χ0) is 17.8. The Labute approximate surface area is 152 Å². The number of carbonyl (C=O) groups excluding carboxylic acids is 1. The summed E-state index contributed by atoms with van der Waals surface area (Å²) < 4.78 is 0. The zero-order valence-electron chi connectivity index (χ0n) is 14.7. The summed E-state index contributed by atoms with van der Waals surface area (Å²) in [5.74, 6) is 0.701. The first kappa shape index (κ1) is 17.0. The van der Waals surface area contributed by atoms with E-state index in [2.05, 4.69) is 19.9 Å². The molecule has 0 N–H and O–H groups in total. The van der Waals surface area contributed by atoms with Gasteiger partial charge in [-0.25, -0.2) is 5.06 Å². The van der Waals surface area contributed by atoms with Crippen LogP contribution in [0.2, 0.25) is 0 Å². The van der Waals surface area contributed by atoms with Crippen LogP contribution in [0.3, 0.4) is 0 Å². The first-order valence-corrected chi connectivity index (χ1v) is 9.28. The van der Waals surface area contributed by atoms with E-state index in [0.29, 0.717) is 12.5 Å². The highest BCUT2D eigenvalue weighted by atomic mass is 16.7. The summed E-state index contributed by atoms with van der Waals surface area (Å²) in [5.41, 5.74) is 1.84. The molecule has 2 aromatic heterocycles. The molecule has 0 bridgehead atoms. The van der Waals surface area contributed by atoms with Gasteiger partial charge in [-0.2, -0.15) is 0 Å². The van der Waals surface area contributed by atoms with Crippen LogP contribution in [0, 0.1) is 11.8 Å². The summed E-state index contributed by atoms with van der Waals surface area (Å²) >= 11 is 0. The molecule has 0 aromatic carbocycles. The highest BCUT2D eigenvalue weighted by Gasteiger charge is 2.37. The number of nitrogens with zero attached hydrogens (tertiary/aromatic N) is 5. The van der Waals surface area contributed by atoms with Crippen LogP contribution in [-0.2, 0) is 16.1 Å². The van der Waals surface area contributed by atoms with Gasteiger partial charge in [0.25, 0.3) is 0 Å². The first-order chi connectivity index (χ1) is 12.8. The fraction of sp³-hybridized carbons (Fsp3) is 0.526. The van der Waals surface area contributed by atoms with E-state index in [1.54, 1.807) is 36.0 Å². The molecule has 1 aliphatic carbocycles. The third-order valence-electron chi connectivity index (χ3n) is 5.36. The maximum Gasteiger partial charge on any atom is 0.249 e. The second-order valence-electron chi connectivity index (χ2n) is 7.05. The number of amides is 1. The Morgan fingerprint density at radius 1 is 1.00 bits per heavy atom. The van der Waals surface area contributed by atoms with Gasteiger partial charge >= 0.3 is 0 Å². The maximum absolute atomic E-state index is 13.0. The van der Waals surface area contributed by atoms with Gasteiger partial charge in [-0.05, 0) is 38.0 Å². The minimum atomic E-state index is -0.117. The van der Waals surface area contributed by atoms with E-state index in [4.69, 9.17) is 4.84 Å². The third-order valence-corrected chi connectivity index (χ3v) is 5.36. The molecule has 1 saturated carbocycles.